The number of nitrogens with two attached hydrogens (primary N) is 1. The van der Waals surface area contributed by atoms with E-state index in [1.54, 1.807) is 4.90 Å². The number of carbonyl (C=O) groups excluding carboxylic acids is 1. The summed E-state index contributed by atoms with van der Waals surface area (Å²) in [7, 11) is 0. The highest BCUT2D eigenvalue weighted by Crippen LogP contribution is 2.14. The lowest BCUT2D eigenvalue weighted by Crippen LogP contribution is -2.36. The second-order valence-electron chi connectivity index (χ2n) is 5.64. The van der Waals surface area contributed by atoms with E-state index in [1.807, 2.05) is 52.0 Å². The standard InChI is InChI=1S/C15H24N2O2/c1-5-10-17(14(18)19-15(2,3)4)11-12-6-8-13(16)9-7-12/h6-9H,5,10-11,16H2,1-4H3. The second kappa shape index (κ2) is 6.45. The summed E-state index contributed by atoms with van der Waals surface area (Å²) in [5, 5.41) is 0. The Morgan fingerprint density at radius 1 is 1.26 bits per heavy atom. The molecule has 0 heterocycles. The molecular formula is C15H24N2O2. The van der Waals surface area contributed by atoms with E-state index in [2.05, 4.69) is 0 Å². The first-order valence-electron chi connectivity index (χ1n) is 6.64. The van der Waals surface area contributed by atoms with Crippen molar-refractivity contribution in [2.45, 2.75) is 46.3 Å². The monoisotopic (exact) mass is 264 g/mol. The number of anilines is 1. The molecule has 0 saturated heterocycles. The maximum Gasteiger partial charge on any atom is 0.410 e. The van der Waals surface area contributed by atoms with Crippen LogP contribution in [0.25, 0.3) is 0 Å². The third-order valence-corrected chi connectivity index (χ3v) is 2.50. The molecule has 0 atom stereocenters. The van der Waals surface area contributed by atoms with Crippen LogP contribution >= 0.6 is 0 Å². The Labute approximate surface area is 115 Å². The largest absolute Gasteiger partial charge is 0.444 e. The van der Waals surface area contributed by atoms with Crippen LogP contribution in [0.5, 0.6) is 0 Å². The molecule has 0 aliphatic carbocycles. The summed E-state index contributed by atoms with van der Waals surface area (Å²) in [6, 6.07) is 7.55. The van der Waals surface area contributed by atoms with Crippen LogP contribution in [-0.2, 0) is 11.3 Å². The number of ether oxygens (including phenoxy) is 1. The Morgan fingerprint density at radius 3 is 2.32 bits per heavy atom. The number of amides is 1. The van der Waals surface area contributed by atoms with Gasteiger partial charge in [0.25, 0.3) is 0 Å². The fraction of sp³-hybridized carbons (Fsp3) is 0.533. The third kappa shape index (κ3) is 5.64. The molecule has 4 nitrogen and oxygen atoms in total. The van der Waals surface area contributed by atoms with E-state index >= 15 is 0 Å². The number of rotatable bonds is 4. The van der Waals surface area contributed by atoms with Gasteiger partial charge in [0.1, 0.15) is 5.60 Å². The van der Waals surface area contributed by atoms with Gasteiger partial charge in [-0.3, -0.25) is 0 Å². The van der Waals surface area contributed by atoms with E-state index in [1.165, 1.54) is 0 Å². The van der Waals surface area contributed by atoms with Crippen LogP contribution in [0.4, 0.5) is 10.5 Å². The van der Waals surface area contributed by atoms with Crippen LogP contribution in [0.1, 0.15) is 39.7 Å². The average molecular weight is 264 g/mol. The maximum absolute atomic E-state index is 12.1. The molecule has 0 radical (unpaired) electrons. The van der Waals surface area contributed by atoms with Crippen molar-refractivity contribution in [2.75, 3.05) is 12.3 Å². The highest BCUT2D eigenvalue weighted by Gasteiger charge is 2.21. The minimum Gasteiger partial charge on any atom is -0.444 e. The molecule has 0 bridgehead atoms. The average Bonchev–Trinajstić information content (AvgIpc) is 2.29. The van der Waals surface area contributed by atoms with E-state index in [9.17, 15) is 4.79 Å². The van der Waals surface area contributed by atoms with Gasteiger partial charge in [-0.2, -0.15) is 0 Å². The molecule has 1 aromatic rings. The molecule has 19 heavy (non-hydrogen) atoms. The van der Waals surface area contributed by atoms with Crippen molar-refractivity contribution >= 4 is 11.8 Å². The van der Waals surface area contributed by atoms with Gasteiger partial charge in [-0.05, 0) is 44.9 Å². The molecule has 0 saturated carbocycles. The number of hydrogen-bond acceptors (Lipinski definition) is 3. The molecule has 1 amide bonds. The van der Waals surface area contributed by atoms with Crippen molar-refractivity contribution < 1.29 is 9.53 Å². The summed E-state index contributed by atoms with van der Waals surface area (Å²) < 4.78 is 5.41. The van der Waals surface area contributed by atoms with E-state index in [4.69, 9.17) is 10.5 Å². The van der Waals surface area contributed by atoms with E-state index < -0.39 is 5.60 Å². The molecule has 1 aromatic carbocycles. The quantitative estimate of drug-likeness (QED) is 0.848. The molecule has 2 N–H and O–H groups in total. The van der Waals surface area contributed by atoms with Gasteiger partial charge in [-0.1, -0.05) is 19.1 Å². The number of benzene rings is 1. The fourth-order valence-electron chi connectivity index (χ4n) is 1.67. The SMILES string of the molecule is CCCN(Cc1ccc(N)cc1)C(=O)OC(C)(C)C. The Balaban J connectivity index is 2.72. The number of hydrogen-bond donors (Lipinski definition) is 1. The molecular weight excluding hydrogens is 240 g/mol. The summed E-state index contributed by atoms with van der Waals surface area (Å²) in [5.41, 5.74) is 6.96. The van der Waals surface area contributed by atoms with Crippen LogP contribution in [-0.4, -0.2) is 23.1 Å². The Morgan fingerprint density at radius 2 is 1.84 bits per heavy atom. The normalized spacial score (nSPS) is 11.2. The summed E-state index contributed by atoms with van der Waals surface area (Å²) >= 11 is 0. The van der Waals surface area contributed by atoms with Crippen LogP contribution in [0, 0.1) is 0 Å². The second-order valence-corrected chi connectivity index (χ2v) is 5.64. The first kappa shape index (κ1) is 15.3. The summed E-state index contributed by atoms with van der Waals surface area (Å²) in [6.07, 6.45) is 0.625. The maximum atomic E-state index is 12.1. The predicted octanol–water partition coefficient (Wildman–Crippen LogP) is 3.42. The number of nitrogen functional groups attached to an aromatic ring is 1. The number of nitrogens with zero attached hydrogens (tertiary/aromatic N) is 1. The Kier molecular flexibility index (Phi) is 5.21. The fourth-order valence-corrected chi connectivity index (χ4v) is 1.67. The summed E-state index contributed by atoms with van der Waals surface area (Å²) in [6.45, 7) is 8.89. The molecule has 0 aliphatic rings. The first-order valence-corrected chi connectivity index (χ1v) is 6.64. The topological polar surface area (TPSA) is 55.6 Å². The molecule has 106 valence electrons. The van der Waals surface area contributed by atoms with Gasteiger partial charge in [-0.25, -0.2) is 4.79 Å². The van der Waals surface area contributed by atoms with Crippen LogP contribution in [0.3, 0.4) is 0 Å². The minimum atomic E-state index is -0.468. The lowest BCUT2D eigenvalue weighted by molar-refractivity contribution is 0.0233. The highest BCUT2D eigenvalue weighted by molar-refractivity contribution is 5.68. The van der Waals surface area contributed by atoms with Gasteiger partial charge in [0.2, 0.25) is 0 Å². The van der Waals surface area contributed by atoms with Gasteiger partial charge >= 0.3 is 6.09 Å². The first-order chi connectivity index (χ1) is 8.81. The van der Waals surface area contributed by atoms with Gasteiger partial charge in [0.05, 0.1) is 0 Å². The van der Waals surface area contributed by atoms with Gasteiger partial charge in [-0.15, -0.1) is 0 Å². The summed E-state index contributed by atoms with van der Waals surface area (Å²) in [4.78, 5) is 13.8. The minimum absolute atomic E-state index is 0.272. The van der Waals surface area contributed by atoms with Gasteiger partial charge in [0, 0.05) is 18.8 Å². The molecule has 1 rings (SSSR count). The van der Waals surface area contributed by atoms with Gasteiger partial charge in [0.15, 0.2) is 0 Å². The van der Waals surface area contributed by atoms with Crippen molar-refractivity contribution in [1.29, 1.82) is 0 Å². The zero-order valence-electron chi connectivity index (χ0n) is 12.3. The van der Waals surface area contributed by atoms with Crippen LogP contribution in [0.2, 0.25) is 0 Å². The smallest absolute Gasteiger partial charge is 0.410 e. The molecule has 4 heteroatoms. The lowest BCUT2D eigenvalue weighted by Gasteiger charge is -2.27. The zero-order chi connectivity index (χ0) is 14.5. The van der Waals surface area contributed by atoms with Crippen molar-refractivity contribution in [2.24, 2.45) is 0 Å². The highest BCUT2D eigenvalue weighted by atomic mass is 16.6. The number of carbonyl (C=O) groups is 1. The lowest BCUT2D eigenvalue weighted by atomic mass is 10.2. The Bertz CT molecular complexity index is 407. The Hall–Kier alpha value is -1.71. The molecule has 0 aliphatic heterocycles. The van der Waals surface area contributed by atoms with E-state index in [-0.39, 0.29) is 6.09 Å². The molecule has 0 unspecified atom stereocenters. The molecule has 0 fully saturated rings. The van der Waals surface area contributed by atoms with Gasteiger partial charge < -0.3 is 15.4 Å². The summed E-state index contributed by atoms with van der Waals surface area (Å²) in [5.74, 6) is 0. The van der Waals surface area contributed by atoms with E-state index in [0.717, 1.165) is 17.7 Å². The van der Waals surface area contributed by atoms with Crippen molar-refractivity contribution in [3.63, 3.8) is 0 Å². The molecule has 0 spiro atoms. The third-order valence-electron chi connectivity index (χ3n) is 2.50. The van der Waals surface area contributed by atoms with Crippen LogP contribution < -0.4 is 5.73 Å². The zero-order valence-corrected chi connectivity index (χ0v) is 12.3. The van der Waals surface area contributed by atoms with Crippen molar-refractivity contribution in [1.82, 2.24) is 4.90 Å². The van der Waals surface area contributed by atoms with Crippen molar-refractivity contribution in [3.8, 4) is 0 Å². The van der Waals surface area contributed by atoms with Crippen molar-refractivity contribution in [3.05, 3.63) is 29.8 Å². The molecule has 0 aromatic heterocycles. The van der Waals surface area contributed by atoms with E-state index in [0.29, 0.717) is 13.1 Å². The predicted molar refractivity (Wildman–Crippen MR) is 77.8 cm³/mol. The van der Waals surface area contributed by atoms with Crippen LogP contribution in [0.15, 0.2) is 24.3 Å².